The number of anilines is 2. The molecule has 11 heteroatoms. The minimum atomic E-state index is -0.304. The molecule has 4 heterocycles. The summed E-state index contributed by atoms with van der Waals surface area (Å²) in [5.74, 6) is 0.303. The fraction of sp³-hybridized carbons (Fsp3) is 0.276. The number of fused-ring (bicyclic) bond motifs is 1. The Bertz CT molecular complexity index is 1540. The van der Waals surface area contributed by atoms with Crippen molar-refractivity contribution in [2.24, 2.45) is 0 Å². The molecule has 2 aromatic carbocycles. The van der Waals surface area contributed by atoms with Gasteiger partial charge < -0.3 is 25.8 Å². The molecule has 11 nitrogen and oxygen atoms in total. The van der Waals surface area contributed by atoms with Crippen LogP contribution in [-0.4, -0.2) is 87.6 Å². The van der Waals surface area contributed by atoms with E-state index >= 15 is 0 Å². The Hall–Kier alpha value is -4.77. The molecule has 6 rings (SSSR count). The number of benzene rings is 2. The molecule has 2 aliphatic rings. The maximum atomic E-state index is 13.0. The van der Waals surface area contributed by atoms with Crippen LogP contribution < -0.4 is 16.0 Å². The van der Waals surface area contributed by atoms with E-state index in [-0.39, 0.29) is 24.3 Å². The number of aromatic nitrogens is 3. The largest absolute Gasteiger partial charge is 0.365 e. The average molecular weight is 539 g/mol. The molecule has 0 aliphatic carbocycles. The van der Waals surface area contributed by atoms with E-state index in [9.17, 15) is 14.4 Å². The molecule has 0 radical (unpaired) electrons. The smallest absolute Gasteiger partial charge is 0.274 e. The first-order valence-corrected chi connectivity index (χ1v) is 13.4. The minimum absolute atomic E-state index is 0.0136. The lowest BCUT2D eigenvalue weighted by atomic mass is 10.2. The normalized spacial score (nSPS) is 15.5. The Balaban J connectivity index is 1.05. The van der Waals surface area contributed by atoms with Gasteiger partial charge in [-0.3, -0.25) is 19.1 Å². The Morgan fingerprint density at radius 3 is 2.42 bits per heavy atom. The van der Waals surface area contributed by atoms with E-state index in [1.807, 2.05) is 42.5 Å². The molecule has 0 spiro atoms. The Morgan fingerprint density at radius 2 is 1.68 bits per heavy atom. The van der Waals surface area contributed by atoms with Crippen molar-refractivity contribution in [3.63, 3.8) is 0 Å². The number of piperazine rings is 1. The van der Waals surface area contributed by atoms with Gasteiger partial charge in [0.1, 0.15) is 18.1 Å². The summed E-state index contributed by atoms with van der Waals surface area (Å²) >= 11 is 0. The van der Waals surface area contributed by atoms with E-state index in [0.717, 1.165) is 24.0 Å². The highest BCUT2D eigenvalue weighted by atomic mass is 16.2. The van der Waals surface area contributed by atoms with Gasteiger partial charge in [-0.25, -0.2) is 4.98 Å². The molecular formula is C29H30N8O3. The van der Waals surface area contributed by atoms with Crippen molar-refractivity contribution in [2.45, 2.75) is 12.6 Å². The monoisotopic (exact) mass is 538 g/mol. The van der Waals surface area contributed by atoms with E-state index < -0.39 is 0 Å². The van der Waals surface area contributed by atoms with Gasteiger partial charge in [-0.1, -0.05) is 24.3 Å². The zero-order valence-corrected chi connectivity index (χ0v) is 21.9. The maximum Gasteiger partial charge on any atom is 0.274 e. The predicted octanol–water partition coefficient (Wildman–Crippen LogP) is 2.05. The van der Waals surface area contributed by atoms with Crippen LogP contribution in [0.2, 0.25) is 0 Å². The van der Waals surface area contributed by atoms with Crippen LogP contribution in [0.3, 0.4) is 0 Å². The van der Waals surface area contributed by atoms with Crippen LogP contribution in [0.1, 0.15) is 20.8 Å². The molecule has 2 aliphatic heterocycles. The van der Waals surface area contributed by atoms with Gasteiger partial charge in [0.05, 0.1) is 11.6 Å². The van der Waals surface area contributed by atoms with Crippen LogP contribution in [0.5, 0.6) is 0 Å². The second-order valence-corrected chi connectivity index (χ2v) is 10.0. The molecule has 2 aromatic heterocycles. The van der Waals surface area contributed by atoms with Crippen LogP contribution in [-0.2, 0) is 11.3 Å². The molecule has 4 aromatic rings. The highest BCUT2D eigenvalue weighted by molar-refractivity contribution is 6.04. The first-order valence-electron chi connectivity index (χ1n) is 13.4. The molecule has 40 heavy (non-hydrogen) atoms. The summed E-state index contributed by atoms with van der Waals surface area (Å²) in [6, 6.07) is 20.3. The molecule has 3 N–H and O–H groups in total. The van der Waals surface area contributed by atoms with Crippen LogP contribution in [0.15, 0.2) is 72.9 Å². The van der Waals surface area contributed by atoms with Gasteiger partial charge in [-0.15, -0.1) is 0 Å². The average Bonchev–Trinajstić information content (AvgIpc) is 3.36. The van der Waals surface area contributed by atoms with Gasteiger partial charge >= 0.3 is 0 Å². The van der Waals surface area contributed by atoms with Crippen molar-refractivity contribution in [2.75, 3.05) is 49.9 Å². The van der Waals surface area contributed by atoms with Gasteiger partial charge in [0.25, 0.3) is 11.8 Å². The number of rotatable bonds is 7. The number of amides is 3. The number of hydrogen-bond donors (Lipinski definition) is 3. The van der Waals surface area contributed by atoms with Crippen molar-refractivity contribution in [1.82, 2.24) is 29.9 Å². The lowest BCUT2D eigenvalue weighted by Crippen LogP contribution is -2.51. The zero-order valence-electron chi connectivity index (χ0n) is 21.9. The van der Waals surface area contributed by atoms with Gasteiger partial charge in [0, 0.05) is 62.1 Å². The van der Waals surface area contributed by atoms with E-state index in [4.69, 9.17) is 0 Å². The number of nitrogens with one attached hydrogen (secondary N) is 3. The molecule has 0 unspecified atom stereocenters. The topological polar surface area (TPSA) is 124 Å². The van der Waals surface area contributed by atoms with Crippen molar-refractivity contribution >= 4 is 40.1 Å². The molecule has 2 saturated heterocycles. The highest BCUT2D eigenvalue weighted by Gasteiger charge is 2.25. The predicted molar refractivity (Wildman–Crippen MR) is 151 cm³/mol. The Morgan fingerprint density at radius 1 is 0.900 bits per heavy atom. The zero-order chi connectivity index (χ0) is 27.5. The second kappa shape index (κ2) is 11.1. The molecule has 0 bridgehead atoms. The summed E-state index contributed by atoms with van der Waals surface area (Å²) in [6.45, 7) is 3.81. The number of hydrogen-bond acceptors (Lipinski definition) is 7. The van der Waals surface area contributed by atoms with Gasteiger partial charge in [-0.2, -0.15) is 5.10 Å². The summed E-state index contributed by atoms with van der Waals surface area (Å²) < 4.78 is 1.62. The first kappa shape index (κ1) is 25.5. The van der Waals surface area contributed by atoms with E-state index in [0.29, 0.717) is 55.0 Å². The Labute approximate surface area is 231 Å². The lowest BCUT2D eigenvalue weighted by Gasteiger charge is -2.34. The van der Waals surface area contributed by atoms with Gasteiger partial charge in [0.15, 0.2) is 0 Å². The molecule has 0 atom stereocenters. The highest BCUT2D eigenvalue weighted by Crippen LogP contribution is 2.19. The van der Waals surface area contributed by atoms with E-state index in [1.165, 1.54) is 0 Å². The van der Waals surface area contributed by atoms with Crippen molar-refractivity contribution in [3.05, 3.63) is 84.2 Å². The second-order valence-electron chi connectivity index (χ2n) is 10.0. The van der Waals surface area contributed by atoms with Crippen LogP contribution in [0, 0.1) is 0 Å². The van der Waals surface area contributed by atoms with Crippen molar-refractivity contribution in [1.29, 1.82) is 0 Å². The van der Waals surface area contributed by atoms with Crippen molar-refractivity contribution in [3.8, 4) is 0 Å². The van der Waals surface area contributed by atoms with E-state index in [1.54, 1.807) is 44.9 Å². The quantitative estimate of drug-likeness (QED) is 0.329. The number of nitrogens with zero attached hydrogens (tertiary/aromatic N) is 5. The fourth-order valence-corrected chi connectivity index (χ4v) is 4.83. The molecular weight excluding hydrogens is 508 g/mol. The molecule has 2 fully saturated rings. The standard InChI is InChI=1S/C29H30N8O3/c38-27(35-11-13-36(14-12-35)29(40)20-5-2-1-3-6-20)19-37-18-21-15-22(9-10-24(21)34-37)32-28(39)25-7-4-8-26(33-25)31-23-16-30-17-23/h1-10,15,18,23,30H,11-14,16-17,19H2,(H,31,33)(H,32,39). The summed E-state index contributed by atoms with van der Waals surface area (Å²) in [5, 5.41) is 14.7. The number of pyridine rings is 1. The third-order valence-electron chi connectivity index (χ3n) is 7.16. The first-order chi connectivity index (χ1) is 19.5. The molecule has 204 valence electrons. The maximum absolute atomic E-state index is 13.0. The summed E-state index contributed by atoms with van der Waals surface area (Å²) in [4.78, 5) is 46.5. The SMILES string of the molecule is O=C(Nc1ccc2nn(CC(=O)N3CCN(C(=O)c4ccccc4)CC3)cc2c1)c1cccc(NC2CNC2)n1. The van der Waals surface area contributed by atoms with Gasteiger partial charge in [-0.05, 0) is 42.5 Å². The fourth-order valence-electron chi connectivity index (χ4n) is 4.83. The summed E-state index contributed by atoms with van der Waals surface area (Å²) in [6.07, 6.45) is 1.80. The third-order valence-corrected chi connectivity index (χ3v) is 7.16. The van der Waals surface area contributed by atoms with Crippen LogP contribution in [0.4, 0.5) is 11.5 Å². The van der Waals surface area contributed by atoms with Gasteiger partial charge in [0.2, 0.25) is 5.91 Å². The van der Waals surface area contributed by atoms with Crippen LogP contribution in [0.25, 0.3) is 10.9 Å². The van der Waals surface area contributed by atoms with E-state index in [2.05, 4.69) is 26.0 Å². The summed E-state index contributed by atoms with van der Waals surface area (Å²) in [5.41, 5.74) is 2.32. The molecule has 0 saturated carbocycles. The Kier molecular flexibility index (Phi) is 7.11. The third kappa shape index (κ3) is 5.64. The minimum Gasteiger partial charge on any atom is -0.365 e. The lowest BCUT2D eigenvalue weighted by molar-refractivity contribution is -0.133. The molecule has 3 amide bonds. The number of carbonyl (C=O) groups is 3. The summed E-state index contributed by atoms with van der Waals surface area (Å²) in [7, 11) is 0. The van der Waals surface area contributed by atoms with Crippen molar-refractivity contribution < 1.29 is 14.4 Å². The number of carbonyl (C=O) groups excluding carboxylic acids is 3. The van der Waals surface area contributed by atoms with Crippen LogP contribution >= 0.6 is 0 Å².